The van der Waals surface area contributed by atoms with Gasteiger partial charge in [0.15, 0.2) is 0 Å². The van der Waals surface area contributed by atoms with Crippen LogP contribution in [-0.4, -0.2) is 24.5 Å². The summed E-state index contributed by atoms with van der Waals surface area (Å²) in [5.74, 6) is 3.58. The van der Waals surface area contributed by atoms with Gasteiger partial charge < -0.3 is 14.6 Å². The number of hydrogen-bond donors (Lipinski definition) is 1. The number of rotatable bonds is 6. The minimum Gasteiger partial charge on any atom is -0.464 e. The van der Waals surface area contributed by atoms with Crippen LogP contribution >= 0.6 is 0 Å². The molecule has 0 saturated heterocycles. The van der Waals surface area contributed by atoms with Crippen molar-refractivity contribution < 1.29 is 9.21 Å². The van der Waals surface area contributed by atoms with E-state index in [1.165, 1.54) is 12.6 Å². The number of anilines is 1. The van der Waals surface area contributed by atoms with Crippen LogP contribution in [0.5, 0.6) is 0 Å². The molecule has 0 spiro atoms. The predicted molar refractivity (Wildman–Crippen MR) is 89.3 cm³/mol. The van der Waals surface area contributed by atoms with Crippen molar-refractivity contribution in [1.82, 2.24) is 10.3 Å². The van der Waals surface area contributed by atoms with Crippen LogP contribution in [0.25, 0.3) is 0 Å². The highest BCUT2D eigenvalue weighted by Crippen LogP contribution is 2.47. The summed E-state index contributed by atoms with van der Waals surface area (Å²) in [5.41, 5.74) is 0.496. The van der Waals surface area contributed by atoms with Crippen LogP contribution < -0.4 is 10.2 Å². The minimum absolute atomic E-state index is 0.110. The van der Waals surface area contributed by atoms with Gasteiger partial charge in [-0.05, 0) is 36.6 Å². The molecule has 2 atom stereocenters. The van der Waals surface area contributed by atoms with Gasteiger partial charge in [-0.15, -0.1) is 0 Å². The van der Waals surface area contributed by atoms with Crippen LogP contribution in [0.1, 0.15) is 36.3 Å². The Morgan fingerprint density at radius 1 is 1.46 bits per heavy atom. The Morgan fingerprint density at radius 2 is 2.25 bits per heavy atom. The summed E-state index contributed by atoms with van der Waals surface area (Å²) < 4.78 is 5.77. The predicted octanol–water partition coefficient (Wildman–Crippen LogP) is 2.42. The number of nitrogens with one attached hydrogen (secondary N) is 1. The van der Waals surface area contributed by atoms with Crippen molar-refractivity contribution in [1.29, 1.82) is 5.26 Å². The number of amides is 1. The molecule has 1 saturated carbocycles. The van der Waals surface area contributed by atoms with E-state index in [0.29, 0.717) is 29.8 Å². The Hall–Kier alpha value is -2.81. The zero-order chi connectivity index (χ0) is 17.1. The number of likely N-dealkylation sites (N-methyl/N-ethyl adjacent to an activating group) is 1. The summed E-state index contributed by atoms with van der Waals surface area (Å²) in [5, 5.41) is 11.6. The number of nitriles is 1. The molecule has 2 aromatic rings. The molecular weight excluding hydrogens is 304 g/mol. The summed E-state index contributed by atoms with van der Waals surface area (Å²) in [6.45, 7) is 2.78. The first-order valence-electron chi connectivity index (χ1n) is 7.99. The molecular formula is C18H20N4O2. The fourth-order valence-corrected chi connectivity index (χ4v) is 2.62. The third-order valence-electron chi connectivity index (χ3n) is 4.27. The Bertz CT molecular complexity index is 760. The maximum absolute atomic E-state index is 12.1. The van der Waals surface area contributed by atoms with Crippen molar-refractivity contribution in [2.24, 2.45) is 5.92 Å². The SMILES string of the molecule is C[C@@H]1C[C@H]1c1ccc(CNC(=O)CN(C)c2ccc(C#N)cn2)o1. The number of aromatic nitrogens is 1. The van der Waals surface area contributed by atoms with Crippen molar-refractivity contribution >= 4 is 11.7 Å². The number of pyridine rings is 1. The number of carbonyl (C=O) groups excluding carboxylic acids is 1. The first kappa shape index (κ1) is 16.1. The maximum atomic E-state index is 12.1. The fraction of sp³-hybridized carbons (Fsp3) is 0.389. The van der Waals surface area contributed by atoms with Crippen molar-refractivity contribution in [2.45, 2.75) is 25.8 Å². The lowest BCUT2D eigenvalue weighted by atomic mass is 10.3. The van der Waals surface area contributed by atoms with E-state index < -0.39 is 0 Å². The highest BCUT2D eigenvalue weighted by Gasteiger charge is 2.36. The van der Waals surface area contributed by atoms with Gasteiger partial charge in [0, 0.05) is 19.2 Å². The molecule has 2 aromatic heterocycles. The van der Waals surface area contributed by atoms with Gasteiger partial charge in [0.25, 0.3) is 0 Å². The summed E-state index contributed by atoms with van der Waals surface area (Å²) in [7, 11) is 1.79. The zero-order valence-electron chi connectivity index (χ0n) is 13.8. The lowest BCUT2D eigenvalue weighted by Gasteiger charge is -2.17. The molecule has 1 fully saturated rings. The van der Waals surface area contributed by atoms with Crippen molar-refractivity contribution in [3.8, 4) is 6.07 Å². The largest absolute Gasteiger partial charge is 0.464 e. The quantitative estimate of drug-likeness (QED) is 0.882. The second kappa shape index (κ2) is 6.75. The molecule has 6 nitrogen and oxygen atoms in total. The van der Waals surface area contributed by atoms with E-state index in [1.54, 1.807) is 24.1 Å². The van der Waals surface area contributed by atoms with Gasteiger partial charge in [-0.3, -0.25) is 4.79 Å². The number of carbonyl (C=O) groups is 1. The van der Waals surface area contributed by atoms with Gasteiger partial charge in [0.1, 0.15) is 23.4 Å². The Kier molecular flexibility index (Phi) is 4.52. The fourth-order valence-electron chi connectivity index (χ4n) is 2.62. The van der Waals surface area contributed by atoms with Gasteiger partial charge >= 0.3 is 0 Å². The first-order valence-corrected chi connectivity index (χ1v) is 7.99. The van der Waals surface area contributed by atoms with E-state index in [-0.39, 0.29) is 12.5 Å². The Morgan fingerprint density at radius 3 is 2.88 bits per heavy atom. The van der Waals surface area contributed by atoms with Crippen LogP contribution in [0.3, 0.4) is 0 Å². The Balaban J connectivity index is 1.48. The standard InChI is InChI=1S/C18H20N4O2/c1-12-7-15(12)16-5-4-14(24-16)10-21-18(23)11-22(2)17-6-3-13(8-19)9-20-17/h3-6,9,12,15H,7,10-11H2,1-2H3,(H,21,23)/t12-,15-/m1/s1. The molecule has 1 amide bonds. The normalized spacial score (nSPS) is 18.7. The molecule has 0 aromatic carbocycles. The number of furan rings is 1. The lowest BCUT2D eigenvalue weighted by molar-refractivity contribution is -0.120. The Labute approximate surface area is 141 Å². The second-order valence-electron chi connectivity index (χ2n) is 6.27. The molecule has 1 aliphatic rings. The highest BCUT2D eigenvalue weighted by molar-refractivity contribution is 5.80. The van der Waals surface area contributed by atoms with E-state index in [1.807, 2.05) is 18.2 Å². The van der Waals surface area contributed by atoms with Gasteiger partial charge in [0.2, 0.25) is 5.91 Å². The number of nitrogens with zero attached hydrogens (tertiary/aromatic N) is 3. The summed E-state index contributed by atoms with van der Waals surface area (Å²) in [4.78, 5) is 17.9. The van der Waals surface area contributed by atoms with Crippen LogP contribution in [0.15, 0.2) is 34.9 Å². The minimum atomic E-state index is -0.110. The maximum Gasteiger partial charge on any atom is 0.239 e. The second-order valence-corrected chi connectivity index (χ2v) is 6.27. The lowest BCUT2D eigenvalue weighted by Crippen LogP contribution is -2.35. The first-order chi connectivity index (χ1) is 11.6. The van der Waals surface area contributed by atoms with Gasteiger partial charge in [-0.2, -0.15) is 5.26 Å². The molecule has 6 heteroatoms. The summed E-state index contributed by atoms with van der Waals surface area (Å²) >= 11 is 0. The van der Waals surface area contributed by atoms with Crippen molar-refractivity contribution in [3.05, 3.63) is 47.5 Å². The molecule has 0 radical (unpaired) electrons. The van der Waals surface area contributed by atoms with Gasteiger partial charge in [-0.25, -0.2) is 4.98 Å². The van der Waals surface area contributed by atoms with Crippen LogP contribution in [0.4, 0.5) is 5.82 Å². The van der Waals surface area contributed by atoms with E-state index >= 15 is 0 Å². The van der Waals surface area contributed by atoms with Crippen LogP contribution in [-0.2, 0) is 11.3 Å². The molecule has 124 valence electrons. The van der Waals surface area contributed by atoms with E-state index in [9.17, 15) is 4.79 Å². The van der Waals surface area contributed by atoms with Crippen molar-refractivity contribution in [3.63, 3.8) is 0 Å². The molecule has 3 rings (SSSR count). The number of hydrogen-bond acceptors (Lipinski definition) is 5. The molecule has 0 bridgehead atoms. The molecule has 24 heavy (non-hydrogen) atoms. The summed E-state index contributed by atoms with van der Waals surface area (Å²) in [6, 6.07) is 9.35. The third-order valence-corrected chi connectivity index (χ3v) is 4.27. The molecule has 2 heterocycles. The topological polar surface area (TPSA) is 82.2 Å². The average Bonchev–Trinajstić information content (AvgIpc) is 3.13. The van der Waals surface area contributed by atoms with E-state index in [2.05, 4.69) is 17.2 Å². The smallest absolute Gasteiger partial charge is 0.239 e. The van der Waals surface area contributed by atoms with Crippen LogP contribution in [0.2, 0.25) is 0 Å². The van der Waals surface area contributed by atoms with Crippen molar-refractivity contribution in [2.75, 3.05) is 18.5 Å². The van der Waals surface area contributed by atoms with E-state index in [4.69, 9.17) is 9.68 Å². The molecule has 1 N–H and O–H groups in total. The van der Waals surface area contributed by atoms with E-state index in [0.717, 1.165) is 11.5 Å². The average molecular weight is 324 g/mol. The zero-order valence-corrected chi connectivity index (χ0v) is 13.8. The monoisotopic (exact) mass is 324 g/mol. The van der Waals surface area contributed by atoms with Gasteiger partial charge in [-0.1, -0.05) is 6.92 Å². The third kappa shape index (κ3) is 3.74. The highest BCUT2D eigenvalue weighted by atomic mass is 16.3. The van der Waals surface area contributed by atoms with Gasteiger partial charge in [0.05, 0.1) is 18.7 Å². The molecule has 0 aliphatic heterocycles. The summed E-state index contributed by atoms with van der Waals surface area (Å²) in [6.07, 6.45) is 2.68. The van der Waals surface area contributed by atoms with Crippen LogP contribution in [0, 0.1) is 17.2 Å². The molecule has 1 aliphatic carbocycles. The molecule has 0 unspecified atom stereocenters.